The number of para-hydroxylation sites is 1. The molecule has 5 nitrogen and oxygen atoms in total. The van der Waals surface area contributed by atoms with Gasteiger partial charge in [-0.1, -0.05) is 42.5 Å². The van der Waals surface area contributed by atoms with Crippen LogP contribution in [0.2, 0.25) is 0 Å². The fraction of sp³-hybridized carbons (Fsp3) is 0.333. The molecule has 6 heteroatoms. The van der Waals surface area contributed by atoms with Crippen LogP contribution in [0.1, 0.15) is 23.1 Å². The second kappa shape index (κ2) is 9.39. The summed E-state index contributed by atoms with van der Waals surface area (Å²) >= 11 is 4.16. The number of hydrogen-bond donors (Lipinski definition) is 3. The van der Waals surface area contributed by atoms with Crippen molar-refractivity contribution in [2.45, 2.75) is 31.7 Å². The highest BCUT2D eigenvalue weighted by Gasteiger charge is 2.31. The normalized spacial score (nSPS) is 14.4. The van der Waals surface area contributed by atoms with Crippen LogP contribution in [0, 0.1) is 5.92 Å². The number of carbonyl (C=O) groups excluding carboxylic acids is 2. The van der Waals surface area contributed by atoms with Gasteiger partial charge in [0.15, 0.2) is 0 Å². The number of fused-ring (bicyclic) bond motifs is 2. The number of H-pyrrole nitrogens is 1. The summed E-state index contributed by atoms with van der Waals surface area (Å²) in [6, 6.07) is 15.3. The predicted molar refractivity (Wildman–Crippen MR) is 121 cm³/mol. The molecule has 1 unspecified atom stereocenters. The molecule has 156 valence electrons. The molecule has 1 atom stereocenters. The van der Waals surface area contributed by atoms with E-state index >= 15 is 0 Å². The maximum atomic E-state index is 13.0. The molecule has 4 rings (SSSR count). The summed E-state index contributed by atoms with van der Waals surface area (Å²) in [5.41, 5.74) is 4.41. The number of rotatable bonds is 8. The second-order valence-electron chi connectivity index (χ2n) is 7.74. The molecule has 0 aliphatic heterocycles. The lowest BCUT2D eigenvalue weighted by Crippen LogP contribution is -2.46. The number of aromatic nitrogens is 1. The molecule has 0 radical (unpaired) electrons. The van der Waals surface area contributed by atoms with E-state index in [1.165, 1.54) is 11.1 Å². The Morgan fingerprint density at radius 2 is 1.80 bits per heavy atom. The molecule has 2 aromatic carbocycles. The van der Waals surface area contributed by atoms with Crippen LogP contribution in [-0.4, -0.2) is 35.3 Å². The third-order valence-electron chi connectivity index (χ3n) is 5.67. The summed E-state index contributed by atoms with van der Waals surface area (Å²) in [6.07, 6.45) is 4.37. The molecule has 1 aromatic heterocycles. The highest BCUT2D eigenvalue weighted by molar-refractivity contribution is 7.80. The molecule has 30 heavy (non-hydrogen) atoms. The van der Waals surface area contributed by atoms with Gasteiger partial charge >= 0.3 is 5.97 Å². The molecular formula is C24H26N2O3S. The molecule has 2 N–H and O–H groups in total. The van der Waals surface area contributed by atoms with Gasteiger partial charge in [0.2, 0.25) is 5.91 Å². The van der Waals surface area contributed by atoms with Crippen LogP contribution in [0.4, 0.5) is 0 Å². The summed E-state index contributed by atoms with van der Waals surface area (Å²) in [5.74, 6) is -0.00110. The third-order valence-corrected chi connectivity index (χ3v) is 5.98. The van der Waals surface area contributed by atoms with E-state index < -0.39 is 12.0 Å². The van der Waals surface area contributed by atoms with E-state index in [0.29, 0.717) is 38.0 Å². The van der Waals surface area contributed by atoms with Crippen molar-refractivity contribution in [3.05, 3.63) is 71.4 Å². The predicted octanol–water partition coefficient (Wildman–Crippen LogP) is 3.47. The molecule has 0 bridgehead atoms. The van der Waals surface area contributed by atoms with Crippen LogP contribution in [0.5, 0.6) is 0 Å². The Morgan fingerprint density at radius 3 is 2.53 bits per heavy atom. The highest BCUT2D eigenvalue weighted by Crippen LogP contribution is 2.27. The first kappa shape index (κ1) is 20.5. The zero-order valence-electron chi connectivity index (χ0n) is 16.8. The largest absolute Gasteiger partial charge is 0.464 e. The van der Waals surface area contributed by atoms with E-state index in [-0.39, 0.29) is 11.8 Å². The quantitative estimate of drug-likeness (QED) is 0.296. The number of carbonyl (C=O) groups is 2. The second-order valence-corrected chi connectivity index (χ2v) is 8.19. The molecule has 1 heterocycles. The minimum absolute atomic E-state index is 0.0952. The first-order valence-electron chi connectivity index (χ1n) is 10.4. The Balaban J connectivity index is 1.48. The number of amides is 1. The van der Waals surface area contributed by atoms with Gasteiger partial charge in [0.1, 0.15) is 6.04 Å². The Bertz CT molecular complexity index is 1020. The van der Waals surface area contributed by atoms with Gasteiger partial charge in [-0.2, -0.15) is 12.6 Å². The van der Waals surface area contributed by atoms with Gasteiger partial charge in [0.25, 0.3) is 0 Å². The number of thiol groups is 1. The van der Waals surface area contributed by atoms with Crippen molar-refractivity contribution in [3.63, 3.8) is 0 Å². The number of benzene rings is 2. The van der Waals surface area contributed by atoms with Crippen LogP contribution in [0.15, 0.2) is 54.7 Å². The van der Waals surface area contributed by atoms with Gasteiger partial charge < -0.3 is 15.0 Å². The number of hydrogen-bond acceptors (Lipinski definition) is 4. The average molecular weight is 423 g/mol. The van der Waals surface area contributed by atoms with E-state index in [2.05, 4.69) is 35.1 Å². The standard InChI is InChI=1S/C24H26N2O3S/c27-23(18-12-16-6-1-2-7-17(16)13-18)26-22(24(28)29-10-5-11-30)14-19-15-25-21-9-4-3-8-20(19)21/h1-4,6-9,15,18,22,25,30H,5,10-14H2,(H,26,27). The van der Waals surface area contributed by atoms with E-state index in [0.717, 1.165) is 16.5 Å². The molecule has 0 saturated carbocycles. The van der Waals surface area contributed by atoms with Crippen LogP contribution in [0.3, 0.4) is 0 Å². The van der Waals surface area contributed by atoms with Crippen LogP contribution in [-0.2, 0) is 33.6 Å². The molecular weight excluding hydrogens is 396 g/mol. The van der Waals surface area contributed by atoms with Crippen molar-refractivity contribution in [2.75, 3.05) is 12.4 Å². The van der Waals surface area contributed by atoms with E-state index in [1.807, 2.05) is 42.6 Å². The molecule has 1 aliphatic rings. The number of nitrogens with one attached hydrogen (secondary N) is 2. The van der Waals surface area contributed by atoms with Crippen molar-refractivity contribution < 1.29 is 14.3 Å². The van der Waals surface area contributed by atoms with Gasteiger partial charge in [-0.05, 0) is 47.8 Å². The van der Waals surface area contributed by atoms with Gasteiger partial charge in [-0.3, -0.25) is 4.79 Å². The van der Waals surface area contributed by atoms with Crippen LogP contribution in [0.25, 0.3) is 10.9 Å². The summed E-state index contributed by atoms with van der Waals surface area (Å²) in [7, 11) is 0. The maximum absolute atomic E-state index is 13.0. The Kier molecular flexibility index (Phi) is 6.43. The van der Waals surface area contributed by atoms with E-state index in [1.54, 1.807) is 0 Å². The SMILES string of the molecule is O=C(NC(Cc1c[nH]c2ccccc12)C(=O)OCCCS)C1Cc2ccccc2C1. The summed E-state index contributed by atoms with van der Waals surface area (Å²) in [4.78, 5) is 29.0. The monoisotopic (exact) mass is 422 g/mol. The number of esters is 1. The minimum atomic E-state index is -0.722. The fourth-order valence-electron chi connectivity index (χ4n) is 4.09. The van der Waals surface area contributed by atoms with E-state index in [9.17, 15) is 9.59 Å². The van der Waals surface area contributed by atoms with Crippen molar-refractivity contribution >= 4 is 35.4 Å². The summed E-state index contributed by atoms with van der Waals surface area (Å²) in [6.45, 7) is 0.303. The first-order chi connectivity index (χ1) is 14.7. The van der Waals surface area contributed by atoms with Crippen LogP contribution < -0.4 is 5.32 Å². The van der Waals surface area contributed by atoms with Gasteiger partial charge in [-0.15, -0.1) is 0 Å². The molecule has 0 fully saturated rings. The van der Waals surface area contributed by atoms with Crippen molar-refractivity contribution in [3.8, 4) is 0 Å². The third kappa shape index (κ3) is 4.54. The lowest BCUT2D eigenvalue weighted by molar-refractivity contribution is -0.148. The van der Waals surface area contributed by atoms with Crippen molar-refractivity contribution in [1.82, 2.24) is 10.3 Å². The Morgan fingerprint density at radius 1 is 1.10 bits per heavy atom. The van der Waals surface area contributed by atoms with Gasteiger partial charge in [0, 0.05) is 29.4 Å². The van der Waals surface area contributed by atoms with Gasteiger partial charge in [-0.25, -0.2) is 4.79 Å². The number of ether oxygens (including phenoxy) is 1. The zero-order valence-corrected chi connectivity index (χ0v) is 17.7. The van der Waals surface area contributed by atoms with Crippen LogP contribution >= 0.6 is 12.6 Å². The smallest absolute Gasteiger partial charge is 0.328 e. The van der Waals surface area contributed by atoms with Crippen molar-refractivity contribution in [1.29, 1.82) is 0 Å². The topological polar surface area (TPSA) is 71.2 Å². The van der Waals surface area contributed by atoms with Gasteiger partial charge in [0.05, 0.1) is 6.61 Å². The molecule has 0 saturated heterocycles. The average Bonchev–Trinajstić information content (AvgIpc) is 3.38. The lowest BCUT2D eigenvalue weighted by atomic mass is 10.0. The number of aromatic amines is 1. The summed E-state index contributed by atoms with van der Waals surface area (Å²) in [5, 5.41) is 4.03. The van der Waals surface area contributed by atoms with Crippen molar-refractivity contribution in [2.24, 2.45) is 5.92 Å². The highest BCUT2D eigenvalue weighted by atomic mass is 32.1. The molecule has 1 amide bonds. The lowest BCUT2D eigenvalue weighted by Gasteiger charge is -2.20. The first-order valence-corrected chi connectivity index (χ1v) is 11.0. The maximum Gasteiger partial charge on any atom is 0.328 e. The minimum Gasteiger partial charge on any atom is -0.464 e. The fourth-order valence-corrected chi connectivity index (χ4v) is 4.21. The Labute approximate surface area is 181 Å². The van der Waals surface area contributed by atoms with E-state index in [4.69, 9.17) is 4.74 Å². The molecule has 0 spiro atoms. The molecule has 3 aromatic rings. The molecule has 1 aliphatic carbocycles. The summed E-state index contributed by atoms with van der Waals surface area (Å²) < 4.78 is 5.42. The zero-order chi connectivity index (χ0) is 20.9. The Hall–Kier alpha value is -2.73.